The van der Waals surface area contributed by atoms with Crippen molar-refractivity contribution in [1.82, 2.24) is 20.1 Å². The number of aromatic nitrogens is 1. The third-order valence-corrected chi connectivity index (χ3v) is 8.98. The molecule has 202 valence electrons. The van der Waals surface area contributed by atoms with E-state index in [1.807, 2.05) is 0 Å². The number of hydrogen-bond acceptors (Lipinski definition) is 6. The number of halogens is 4. The molecule has 6 rings (SSSR count). The van der Waals surface area contributed by atoms with Crippen LogP contribution in [0.25, 0.3) is 21.2 Å². The molecule has 0 bridgehead atoms. The van der Waals surface area contributed by atoms with Gasteiger partial charge in [-0.3, -0.25) is 9.59 Å². The van der Waals surface area contributed by atoms with Crippen molar-refractivity contribution in [2.75, 3.05) is 26.2 Å². The van der Waals surface area contributed by atoms with Crippen molar-refractivity contribution in [3.63, 3.8) is 0 Å². The molecule has 2 aromatic carbocycles. The highest BCUT2D eigenvalue weighted by Gasteiger charge is 2.37. The van der Waals surface area contributed by atoms with E-state index in [1.165, 1.54) is 23.5 Å². The lowest BCUT2D eigenvalue weighted by Gasteiger charge is -2.40. The summed E-state index contributed by atoms with van der Waals surface area (Å²) in [7, 11) is 0. The maximum Gasteiger partial charge on any atom is 0.416 e. The van der Waals surface area contributed by atoms with E-state index < -0.39 is 17.6 Å². The van der Waals surface area contributed by atoms with Crippen molar-refractivity contribution in [3.05, 3.63) is 75.3 Å². The second-order valence-electron chi connectivity index (χ2n) is 9.68. The Balaban J connectivity index is 1.08. The van der Waals surface area contributed by atoms with Crippen LogP contribution in [0.4, 0.5) is 17.6 Å². The largest absolute Gasteiger partial charge is 0.416 e. The third kappa shape index (κ3) is 5.04. The van der Waals surface area contributed by atoms with Gasteiger partial charge in [0.05, 0.1) is 5.56 Å². The molecule has 2 aliphatic rings. The van der Waals surface area contributed by atoms with Gasteiger partial charge in [0, 0.05) is 59.9 Å². The first-order valence-corrected chi connectivity index (χ1v) is 14.0. The fourth-order valence-corrected chi connectivity index (χ4v) is 6.70. The molecular weight excluding hydrogens is 552 g/mol. The topological polar surface area (TPSA) is 65.5 Å². The van der Waals surface area contributed by atoms with Gasteiger partial charge in [-0.2, -0.15) is 13.2 Å². The normalized spacial score (nSPS) is 18.1. The quantitative estimate of drug-likeness (QED) is 0.319. The predicted octanol–water partition coefficient (Wildman–Crippen LogP) is 5.51. The molecule has 0 spiro atoms. The van der Waals surface area contributed by atoms with E-state index >= 15 is 4.39 Å². The van der Waals surface area contributed by atoms with Crippen molar-refractivity contribution < 1.29 is 27.2 Å². The molecule has 2 amide bonds. The fourth-order valence-electron chi connectivity index (χ4n) is 5.01. The van der Waals surface area contributed by atoms with Crippen molar-refractivity contribution in [3.8, 4) is 11.1 Å². The third-order valence-electron chi connectivity index (χ3n) is 7.10. The fraction of sp³-hybridized carbons (Fsp3) is 0.296. The van der Waals surface area contributed by atoms with Crippen molar-refractivity contribution in [2.45, 2.75) is 24.7 Å². The number of fused-ring (bicyclic) bond motifs is 1. The average molecular weight is 575 g/mol. The van der Waals surface area contributed by atoms with Crippen molar-refractivity contribution >= 4 is 44.6 Å². The molecular formula is C27H22F4N4O2S2. The summed E-state index contributed by atoms with van der Waals surface area (Å²) in [5, 5.41) is 6.06. The highest BCUT2D eigenvalue weighted by Crippen LogP contribution is 2.36. The van der Waals surface area contributed by atoms with Crippen molar-refractivity contribution in [2.24, 2.45) is 0 Å². The minimum absolute atomic E-state index is 0.0223. The summed E-state index contributed by atoms with van der Waals surface area (Å²) in [5.41, 5.74) is 0.477. The molecule has 0 radical (unpaired) electrons. The second-order valence-corrected chi connectivity index (χ2v) is 11.6. The molecule has 0 saturated carbocycles. The van der Waals surface area contributed by atoms with Crippen LogP contribution >= 0.6 is 22.7 Å². The number of nitrogens with one attached hydrogen (secondary N) is 1. The Bertz CT molecular complexity index is 1530. The van der Waals surface area contributed by atoms with Crippen LogP contribution in [0.15, 0.2) is 54.0 Å². The lowest BCUT2D eigenvalue weighted by atomic mass is 10.0. The molecule has 0 unspecified atom stereocenters. The number of hydrogen-bond donors (Lipinski definition) is 1. The second kappa shape index (κ2) is 10.00. The number of likely N-dealkylation sites (tertiary alicyclic amines) is 2. The van der Waals surface area contributed by atoms with Crippen LogP contribution in [0.3, 0.4) is 0 Å². The minimum atomic E-state index is -4.42. The zero-order chi connectivity index (χ0) is 27.3. The number of carbonyl (C=O) groups is 2. The van der Waals surface area contributed by atoms with Gasteiger partial charge in [-0.15, -0.1) is 22.7 Å². The molecule has 1 N–H and O–H groups in total. The molecule has 39 heavy (non-hydrogen) atoms. The summed E-state index contributed by atoms with van der Waals surface area (Å²) in [6.07, 6.45) is -1.99. The zero-order valence-corrected chi connectivity index (χ0v) is 22.0. The highest BCUT2D eigenvalue weighted by molar-refractivity contribution is 7.20. The van der Waals surface area contributed by atoms with Gasteiger partial charge in [0.2, 0.25) is 0 Å². The first kappa shape index (κ1) is 25.9. The van der Waals surface area contributed by atoms with Gasteiger partial charge in [-0.25, -0.2) is 9.37 Å². The molecule has 6 nitrogen and oxygen atoms in total. The summed E-state index contributed by atoms with van der Waals surface area (Å²) in [5.74, 6) is -1.03. The van der Waals surface area contributed by atoms with Gasteiger partial charge >= 0.3 is 6.18 Å². The molecule has 2 aromatic heterocycles. The Labute approximate surface area is 228 Å². The van der Waals surface area contributed by atoms with E-state index in [9.17, 15) is 22.8 Å². The van der Waals surface area contributed by atoms with Crippen LogP contribution in [-0.4, -0.2) is 64.9 Å². The number of carbonyl (C=O) groups excluding carboxylic acids is 2. The summed E-state index contributed by atoms with van der Waals surface area (Å²) in [4.78, 5) is 33.0. The summed E-state index contributed by atoms with van der Waals surface area (Å²) < 4.78 is 54.3. The number of nitrogens with zero attached hydrogens (tertiary/aromatic N) is 3. The maximum absolute atomic E-state index is 15.2. The maximum atomic E-state index is 15.2. The van der Waals surface area contributed by atoms with Gasteiger partial charge in [-0.05, 0) is 41.8 Å². The number of alkyl halides is 3. The lowest BCUT2D eigenvalue weighted by Crippen LogP contribution is -2.62. The Morgan fingerprint density at radius 1 is 0.949 bits per heavy atom. The number of benzene rings is 2. The first-order chi connectivity index (χ1) is 18.7. The number of amides is 2. The molecule has 2 saturated heterocycles. The number of thiophene rings is 1. The van der Waals surface area contributed by atoms with Crippen LogP contribution in [0, 0.1) is 5.82 Å². The van der Waals surface area contributed by atoms with Crippen LogP contribution < -0.4 is 5.32 Å². The molecule has 2 aliphatic heterocycles. The van der Waals surface area contributed by atoms with Gasteiger partial charge < -0.3 is 15.1 Å². The molecule has 2 fully saturated rings. The van der Waals surface area contributed by atoms with Gasteiger partial charge in [0.15, 0.2) is 10.8 Å². The smallest absolute Gasteiger partial charge is 0.335 e. The SMILES string of the molecule is O=C(c1nccs1)N1CC[C@H](NC2CN(C(=O)c3sc4cc(-c5ccc(C(F)(F)F)cc5)ccc4c3F)C2)C1. The lowest BCUT2D eigenvalue weighted by molar-refractivity contribution is -0.137. The number of rotatable bonds is 5. The Morgan fingerprint density at radius 2 is 1.67 bits per heavy atom. The monoisotopic (exact) mass is 574 g/mol. The number of thiazole rings is 1. The van der Waals surface area contributed by atoms with Gasteiger partial charge in [-0.1, -0.05) is 18.2 Å². The molecule has 12 heteroatoms. The summed E-state index contributed by atoms with van der Waals surface area (Å²) in [6.45, 7) is 2.11. The molecule has 1 atom stereocenters. The van der Waals surface area contributed by atoms with Crippen LogP contribution in [-0.2, 0) is 6.18 Å². The van der Waals surface area contributed by atoms with Crippen LogP contribution in [0.5, 0.6) is 0 Å². The van der Waals surface area contributed by atoms with E-state index in [0.717, 1.165) is 29.9 Å². The predicted molar refractivity (Wildman–Crippen MR) is 141 cm³/mol. The average Bonchev–Trinajstić information content (AvgIpc) is 3.66. The standard InChI is InChI=1S/C27H22F4N4O2S2/c28-22-20-6-3-16(15-1-4-17(5-2-15)27(29,30)31)11-21(20)39-23(22)25(36)35-13-19(14-35)33-18-7-9-34(12-18)26(37)24-32-8-10-38-24/h1-6,8,10-11,18-19,33H,7,9,12-14H2/t18-/m0/s1. The van der Waals surface area contributed by atoms with E-state index in [2.05, 4.69) is 10.3 Å². The van der Waals surface area contributed by atoms with Crippen molar-refractivity contribution in [1.29, 1.82) is 0 Å². The summed E-state index contributed by atoms with van der Waals surface area (Å²) in [6, 6.07) is 9.88. The van der Waals surface area contributed by atoms with Gasteiger partial charge in [0.1, 0.15) is 4.88 Å². The Morgan fingerprint density at radius 3 is 2.36 bits per heavy atom. The van der Waals surface area contributed by atoms with E-state index in [-0.39, 0.29) is 28.8 Å². The van der Waals surface area contributed by atoms with E-state index in [0.29, 0.717) is 52.4 Å². The highest BCUT2D eigenvalue weighted by atomic mass is 32.1. The van der Waals surface area contributed by atoms with E-state index in [4.69, 9.17) is 0 Å². The zero-order valence-electron chi connectivity index (χ0n) is 20.4. The van der Waals surface area contributed by atoms with Crippen LogP contribution in [0.2, 0.25) is 0 Å². The Kier molecular flexibility index (Phi) is 6.64. The molecule has 4 heterocycles. The van der Waals surface area contributed by atoms with Crippen LogP contribution in [0.1, 0.15) is 31.5 Å². The van der Waals surface area contributed by atoms with E-state index in [1.54, 1.807) is 39.6 Å². The first-order valence-electron chi connectivity index (χ1n) is 12.3. The summed E-state index contributed by atoms with van der Waals surface area (Å²) >= 11 is 2.37. The minimum Gasteiger partial charge on any atom is -0.335 e. The molecule has 4 aromatic rings. The van der Waals surface area contributed by atoms with Gasteiger partial charge in [0.25, 0.3) is 11.8 Å². The Hall–Kier alpha value is -3.35. The molecule has 0 aliphatic carbocycles.